The topological polar surface area (TPSA) is 168 Å². The molecule has 2 unspecified atom stereocenters. The van der Waals surface area contributed by atoms with Crippen LogP contribution in [0.25, 0.3) is 0 Å². The average Bonchev–Trinajstić information content (AvgIpc) is 3.39. The number of hydrogen-bond donors (Lipinski definition) is 3. The zero-order valence-electron chi connectivity index (χ0n) is 22.0. The number of nitrogens with two attached hydrogens (primary N) is 1. The summed E-state index contributed by atoms with van der Waals surface area (Å²) in [5.41, 5.74) is 2.30. The van der Waals surface area contributed by atoms with Crippen LogP contribution in [0.3, 0.4) is 0 Å². The van der Waals surface area contributed by atoms with Gasteiger partial charge in [-0.2, -0.15) is 0 Å². The quantitative estimate of drug-likeness (QED) is 0.400. The highest BCUT2D eigenvalue weighted by atomic mass is 19.1. The number of carbonyl (C=O) groups is 5. The molecule has 3 aliphatic carbocycles. The molecule has 2 saturated carbocycles. The van der Waals surface area contributed by atoms with Gasteiger partial charge in [0.15, 0.2) is 34.7 Å². The van der Waals surface area contributed by atoms with Gasteiger partial charge in [0.25, 0.3) is 0 Å². The van der Waals surface area contributed by atoms with Gasteiger partial charge in [-0.1, -0.05) is 0 Å². The molecule has 0 radical (unpaired) electrons. The summed E-state index contributed by atoms with van der Waals surface area (Å²) in [6, 6.07) is 0.0355. The Balaban J connectivity index is 1.55. The highest BCUT2D eigenvalue weighted by Gasteiger charge is 2.69. The number of ether oxygens (including phenoxy) is 1. The standard InChI is InChI=1S/C27H32FN3O8/c1-30(2)21-15-7-11-6-14-18(16(32)8-12(20(14)28)9-31(3)13-4-5-39-10-13)22(33)17(11)24(35)27(15,38)25(36)19(23(21)34)26(29)37/h8,11,13,15,17,19,21,32,38H,4-7,9-10H2,1-3H3,(H2,29,37)/t11-,13+,15-,17?,19?,21-,27-/m0/s1. The lowest BCUT2D eigenvalue weighted by atomic mass is 9.52. The van der Waals surface area contributed by atoms with Gasteiger partial charge in [-0.25, -0.2) is 4.39 Å². The lowest BCUT2D eigenvalue weighted by molar-refractivity contribution is -0.181. The monoisotopic (exact) mass is 545 g/mol. The second-order valence-electron chi connectivity index (χ2n) is 11.4. The number of Topliss-reactive ketones (excluding diaryl/α,β-unsaturated/α-hetero) is 4. The van der Waals surface area contributed by atoms with E-state index >= 15 is 4.39 Å². The lowest BCUT2D eigenvalue weighted by Gasteiger charge is -2.52. The Bertz CT molecular complexity index is 1290. The molecule has 1 aliphatic heterocycles. The molecule has 1 saturated heterocycles. The number of benzene rings is 1. The van der Waals surface area contributed by atoms with Gasteiger partial charge in [0.05, 0.1) is 24.1 Å². The van der Waals surface area contributed by atoms with Gasteiger partial charge < -0.3 is 20.7 Å². The number of hydrogen-bond acceptors (Lipinski definition) is 10. The smallest absolute Gasteiger partial charge is 0.235 e. The van der Waals surface area contributed by atoms with Crippen LogP contribution in [0.1, 0.15) is 34.3 Å². The molecule has 210 valence electrons. The van der Waals surface area contributed by atoms with E-state index in [1.54, 1.807) is 0 Å². The van der Waals surface area contributed by atoms with Crippen molar-refractivity contribution in [2.45, 2.75) is 43.5 Å². The molecule has 0 aromatic heterocycles. The third-order valence-corrected chi connectivity index (χ3v) is 9.02. The van der Waals surface area contributed by atoms with Crippen molar-refractivity contribution < 1.29 is 43.3 Å². The summed E-state index contributed by atoms with van der Waals surface area (Å²) in [4.78, 5) is 69.2. The Morgan fingerprint density at radius 3 is 2.49 bits per heavy atom. The first-order valence-electron chi connectivity index (χ1n) is 13.0. The number of ketones is 4. The predicted octanol–water partition coefficient (Wildman–Crippen LogP) is -0.773. The fourth-order valence-corrected chi connectivity index (χ4v) is 7.09. The molecule has 39 heavy (non-hydrogen) atoms. The van der Waals surface area contributed by atoms with Gasteiger partial charge in [0, 0.05) is 36.2 Å². The number of phenols is 1. The number of likely N-dealkylation sites (N-methyl/N-ethyl adjacent to an activating group) is 2. The summed E-state index contributed by atoms with van der Waals surface area (Å²) < 4.78 is 21.3. The highest BCUT2D eigenvalue weighted by molar-refractivity contribution is 6.32. The zero-order valence-corrected chi connectivity index (χ0v) is 22.0. The van der Waals surface area contributed by atoms with Crippen molar-refractivity contribution in [2.24, 2.45) is 29.4 Å². The summed E-state index contributed by atoms with van der Waals surface area (Å²) in [5, 5.41) is 22.4. The zero-order chi connectivity index (χ0) is 28.5. The van der Waals surface area contributed by atoms with Crippen molar-refractivity contribution in [1.29, 1.82) is 0 Å². The van der Waals surface area contributed by atoms with Crippen molar-refractivity contribution in [1.82, 2.24) is 9.80 Å². The first-order valence-corrected chi connectivity index (χ1v) is 13.0. The van der Waals surface area contributed by atoms with Crippen LogP contribution < -0.4 is 5.73 Å². The van der Waals surface area contributed by atoms with Crippen molar-refractivity contribution in [3.63, 3.8) is 0 Å². The maximum absolute atomic E-state index is 15.9. The largest absolute Gasteiger partial charge is 0.507 e. The number of fused-ring (bicyclic) bond motifs is 3. The molecule has 11 nitrogen and oxygen atoms in total. The first kappa shape index (κ1) is 27.5. The predicted molar refractivity (Wildman–Crippen MR) is 132 cm³/mol. The van der Waals surface area contributed by atoms with Gasteiger partial charge in [-0.05, 0) is 52.4 Å². The number of halogens is 1. The molecule has 1 amide bonds. The molecular formula is C27H32FN3O8. The summed E-state index contributed by atoms with van der Waals surface area (Å²) in [7, 11) is 4.82. The van der Waals surface area contributed by atoms with E-state index in [2.05, 4.69) is 0 Å². The van der Waals surface area contributed by atoms with Crippen LogP contribution in [0, 0.1) is 29.5 Å². The molecule has 1 aromatic rings. The van der Waals surface area contributed by atoms with Crippen molar-refractivity contribution in [3.05, 3.63) is 28.6 Å². The van der Waals surface area contributed by atoms with E-state index in [9.17, 15) is 34.2 Å². The van der Waals surface area contributed by atoms with Gasteiger partial charge in [-0.3, -0.25) is 33.8 Å². The Labute approximate surface area is 224 Å². The van der Waals surface area contributed by atoms with E-state index in [0.717, 1.165) is 6.42 Å². The van der Waals surface area contributed by atoms with Crippen molar-refractivity contribution in [3.8, 4) is 5.75 Å². The van der Waals surface area contributed by atoms with Crippen LogP contribution in [-0.4, -0.2) is 101 Å². The normalized spacial score (nSPS) is 34.3. The summed E-state index contributed by atoms with van der Waals surface area (Å²) in [6.45, 7) is 1.26. The van der Waals surface area contributed by atoms with E-state index in [4.69, 9.17) is 10.5 Å². The summed E-state index contributed by atoms with van der Waals surface area (Å²) >= 11 is 0. The minimum atomic E-state index is -2.81. The van der Waals surface area contributed by atoms with Gasteiger partial charge in [-0.15, -0.1) is 0 Å². The number of aliphatic hydroxyl groups is 1. The lowest BCUT2D eigenvalue weighted by Crippen LogP contribution is -2.74. The van der Waals surface area contributed by atoms with Crippen molar-refractivity contribution in [2.75, 3.05) is 34.4 Å². The third kappa shape index (κ3) is 3.95. The van der Waals surface area contributed by atoms with E-state index in [-0.39, 0.29) is 42.1 Å². The number of carbonyl (C=O) groups excluding carboxylic acids is 5. The van der Waals surface area contributed by atoms with Crippen LogP contribution in [0.4, 0.5) is 4.39 Å². The number of nitrogens with zero attached hydrogens (tertiary/aromatic N) is 2. The minimum Gasteiger partial charge on any atom is -0.507 e. The number of rotatable bonds is 5. The molecule has 4 aliphatic rings. The minimum absolute atomic E-state index is 0.0320. The molecule has 1 heterocycles. The number of phenolic OH excluding ortho intramolecular Hbond substituents is 1. The van der Waals surface area contributed by atoms with Gasteiger partial charge in [0.2, 0.25) is 5.91 Å². The molecule has 12 heteroatoms. The van der Waals surface area contributed by atoms with Crippen LogP contribution in [0.2, 0.25) is 0 Å². The Hall–Kier alpha value is -3.06. The molecule has 7 atom stereocenters. The average molecular weight is 546 g/mol. The second-order valence-corrected chi connectivity index (χ2v) is 11.4. The SMILES string of the molecule is CN(C)[C@@H]1C(=O)C(C(N)=O)C(=O)[C@@]2(O)C(=O)C3C(=O)c4c(O)cc(CN(C)[C@@H]5CCOC5)c(F)c4C[C@H]3C[C@@H]12. The van der Waals surface area contributed by atoms with Crippen LogP contribution >= 0.6 is 0 Å². The Kier molecular flexibility index (Phi) is 6.73. The molecular weight excluding hydrogens is 513 g/mol. The molecule has 0 spiro atoms. The van der Waals surface area contributed by atoms with E-state index in [1.807, 2.05) is 11.9 Å². The fourth-order valence-electron chi connectivity index (χ4n) is 7.09. The first-order chi connectivity index (χ1) is 18.3. The van der Waals surface area contributed by atoms with Crippen LogP contribution in [0.15, 0.2) is 6.07 Å². The Morgan fingerprint density at radius 1 is 1.21 bits per heavy atom. The summed E-state index contributed by atoms with van der Waals surface area (Å²) in [5.74, 6) is -12.4. The summed E-state index contributed by atoms with van der Waals surface area (Å²) in [6.07, 6.45) is 0.535. The third-order valence-electron chi connectivity index (χ3n) is 9.02. The molecule has 4 N–H and O–H groups in total. The molecule has 0 bridgehead atoms. The maximum atomic E-state index is 15.9. The van der Waals surface area contributed by atoms with Gasteiger partial charge >= 0.3 is 0 Å². The Morgan fingerprint density at radius 2 is 1.90 bits per heavy atom. The van der Waals surface area contributed by atoms with Gasteiger partial charge in [0.1, 0.15) is 11.6 Å². The number of amides is 1. The molecule has 5 rings (SSSR count). The van der Waals surface area contributed by atoms with E-state index in [1.165, 1.54) is 25.1 Å². The fraction of sp³-hybridized carbons (Fsp3) is 0.593. The van der Waals surface area contributed by atoms with Crippen molar-refractivity contribution >= 4 is 29.0 Å². The maximum Gasteiger partial charge on any atom is 0.235 e. The highest BCUT2D eigenvalue weighted by Crippen LogP contribution is 2.51. The number of aromatic hydroxyl groups is 1. The number of primary amides is 1. The second kappa shape index (κ2) is 9.54. The molecule has 1 aromatic carbocycles. The van der Waals surface area contributed by atoms with Crippen LogP contribution in [-0.2, 0) is 36.9 Å². The molecule has 3 fully saturated rings. The van der Waals surface area contributed by atoms with E-state index in [0.29, 0.717) is 13.2 Å². The van der Waals surface area contributed by atoms with E-state index < -0.39 is 75.9 Å². The van der Waals surface area contributed by atoms with Crippen LogP contribution in [0.5, 0.6) is 5.75 Å².